The highest BCUT2D eigenvalue weighted by atomic mass is 28.4. The van der Waals surface area contributed by atoms with Crippen molar-refractivity contribution in [2.75, 3.05) is 33.0 Å². The Kier molecular flexibility index (Phi) is 5.77. The molecule has 1 fully saturated rings. The van der Waals surface area contributed by atoms with E-state index < -0.39 is 8.56 Å². The first-order chi connectivity index (χ1) is 7.20. The van der Waals surface area contributed by atoms with Crippen molar-refractivity contribution < 1.29 is 18.3 Å². The third-order valence-electron chi connectivity index (χ3n) is 2.31. The van der Waals surface area contributed by atoms with Crippen LogP contribution in [0.3, 0.4) is 0 Å². The van der Waals surface area contributed by atoms with E-state index in [2.05, 4.69) is 6.55 Å². The minimum atomic E-state index is -1.97. The Bertz CT molecular complexity index is 167. The number of rotatable bonds is 9. The molecule has 0 amide bonds. The van der Waals surface area contributed by atoms with Crippen LogP contribution in [0.15, 0.2) is 0 Å². The Morgan fingerprint density at radius 1 is 1.27 bits per heavy atom. The monoisotopic (exact) mass is 234 g/mol. The van der Waals surface area contributed by atoms with Gasteiger partial charge in [-0.1, -0.05) is 0 Å². The summed E-state index contributed by atoms with van der Waals surface area (Å²) in [5.41, 5.74) is 0. The number of hydrogen-bond donors (Lipinski definition) is 0. The summed E-state index contributed by atoms with van der Waals surface area (Å²) in [6.45, 7) is 9.81. The summed E-state index contributed by atoms with van der Waals surface area (Å²) in [6, 6.07) is 0.890. The van der Waals surface area contributed by atoms with Gasteiger partial charge in [-0.15, -0.1) is 0 Å². The van der Waals surface area contributed by atoms with Crippen LogP contribution in [0.25, 0.3) is 0 Å². The standard InChI is InChI=1S/C10H22O4Si/c1-4-13-15(3,14-5-2)7-6-11-8-10-9-12-10/h10H,4-9H2,1-3H3/t10-/m1/s1. The van der Waals surface area contributed by atoms with Crippen molar-refractivity contribution >= 4 is 8.56 Å². The molecule has 0 aromatic rings. The quantitative estimate of drug-likeness (QED) is 0.345. The van der Waals surface area contributed by atoms with Gasteiger partial charge >= 0.3 is 8.56 Å². The predicted octanol–water partition coefficient (Wildman–Crippen LogP) is 1.55. The van der Waals surface area contributed by atoms with Crippen molar-refractivity contribution in [1.29, 1.82) is 0 Å². The molecule has 0 unspecified atom stereocenters. The second kappa shape index (κ2) is 6.60. The molecule has 0 spiro atoms. The zero-order valence-corrected chi connectivity index (χ0v) is 11.0. The molecule has 0 aliphatic carbocycles. The Balaban J connectivity index is 2.11. The van der Waals surface area contributed by atoms with E-state index in [4.69, 9.17) is 18.3 Å². The largest absolute Gasteiger partial charge is 0.395 e. The summed E-state index contributed by atoms with van der Waals surface area (Å²) >= 11 is 0. The lowest BCUT2D eigenvalue weighted by Crippen LogP contribution is -2.39. The Labute approximate surface area is 93.1 Å². The fraction of sp³-hybridized carbons (Fsp3) is 1.00. The molecule has 1 aliphatic heterocycles. The lowest BCUT2D eigenvalue weighted by molar-refractivity contribution is 0.114. The smallest absolute Gasteiger partial charge is 0.337 e. The molecule has 0 aromatic carbocycles. The lowest BCUT2D eigenvalue weighted by Gasteiger charge is -2.25. The maximum Gasteiger partial charge on any atom is 0.337 e. The first-order valence-electron chi connectivity index (χ1n) is 5.67. The summed E-state index contributed by atoms with van der Waals surface area (Å²) in [6.07, 6.45) is 0.345. The van der Waals surface area contributed by atoms with E-state index in [1.54, 1.807) is 0 Å². The minimum Gasteiger partial charge on any atom is -0.395 e. The van der Waals surface area contributed by atoms with E-state index in [0.717, 1.165) is 12.7 Å². The van der Waals surface area contributed by atoms with E-state index >= 15 is 0 Å². The summed E-state index contributed by atoms with van der Waals surface area (Å²) in [5.74, 6) is 0. The van der Waals surface area contributed by atoms with Gasteiger partial charge in [-0.2, -0.15) is 0 Å². The fourth-order valence-corrected chi connectivity index (χ4v) is 3.54. The van der Waals surface area contributed by atoms with Crippen LogP contribution < -0.4 is 0 Å². The highest BCUT2D eigenvalue weighted by Gasteiger charge is 2.30. The molecular weight excluding hydrogens is 212 g/mol. The van der Waals surface area contributed by atoms with Crippen molar-refractivity contribution in [3.8, 4) is 0 Å². The molecule has 0 aromatic heterocycles. The maximum atomic E-state index is 5.70. The summed E-state index contributed by atoms with van der Waals surface area (Å²) in [5, 5.41) is 0. The van der Waals surface area contributed by atoms with Gasteiger partial charge in [0.25, 0.3) is 0 Å². The van der Waals surface area contributed by atoms with Crippen LogP contribution in [0.5, 0.6) is 0 Å². The van der Waals surface area contributed by atoms with Crippen LogP contribution in [0, 0.1) is 0 Å². The zero-order chi connectivity index (χ0) is 11.1. The average Bonchev–Trinajstić information content (AvgIpc) is 2.97. The first kappa shape index (κ1) is 13.1. The van der Waals surface area contributed by atoms with Crippen molar-refractivity contribution in [3.63, 3.8) is 0 Å². The van der Waals surface area contributed by atoms with Crippen LogP contribution >= 0.6 is 0 Å². The topological polar surface area (TPSA) is 40.2 Å². The molecule has 0 saturated carbocycles. The van der Waals surface area contributed by atoms with Crippen LogP contribution in [-0.4, -0.2) is 47.7 Å². The third-order valence-corrected chi connectivity index (χ3v) is 5.22. The van der Waals surface area contributed by atoms with Gasteiger partial charge in [-0.3, -0.25) is 0 Å². The highest BCUT2D eigenvalue weighted by Crippen LogP contribution is 2.14. The lowest BCUT2D eigenvalue weighted by atomic mass is 10.5. The van der Waals surface area contributed by atoms with E-state index in [0.29, 0.717) is 32.5 Å². The second-order valence-corrected chi connectivity index (χ2v) is 7.13. The van der Waals surface area contributed by atoms with Crippen molar-refractivity contribution in [2.24, 2.45) is 0 Å². The van der Waals surface area contributed by atoms with Gasteiger partial charge in [-0.05, 0) is 20.4 Å². The van der Waals surface area contributed by atoms with Crippen molar-refractivity contribution in [1.82, 2.24) is 0 Å². The molecule has 4 nitrogen and oxygen atoms in total. The van der Waals surface area contributed by atoms with Gasteiger partial charge in [0.05, 0.1) is 13.2 Å². The number of ether oxygens (including phenoxy) is 2. The normalized spacial score (nSPS) is 20.6. The molecule has 90 valence electrons. The van der Waals surface area contributed by atoms with Crippen LogP contribution in [0.1, 0.15) is 13.8 Å². The number of hydrogen-bond acceptors (Lipinski definition) is 4. The predicted molar refractivity (Wildman–Crippen MR) is 60.2 cm³/mol. The zero-order valence-electron chi connectivity index (χ0n) is 9.95. The Hall–Kier alpha value is 0.0569. The molecule has 1 atom stereocenters. The highest BCUT2D eigenvalue weighted by molar-refractivity contribution is 6.66. The molecule has 0 N–H and O–H groups in total. The number of epoxide rings is 1. The van der Waals surface area contributed by atoms with Gasteiger partial charge < -0.3 is 18.3 Å². The molecule has 0 bridgehead atoms. The van der Waals surface area contributed by atoms with Gasteiger partial charge in [0.1, 0.15) is 6.10 Å². The minimum absolute atomic E-state index is 0.345. The maximum absolute atomic E-state index is 5.70. The molecule has 1 saturated heterocycles. The Morgan fingerprint density at radius 2 is 1.87 bits per heavy atom. The molecule has 0 radical (unpaired) electrons. The van der Waals surface area contributed by atoms with Gasteiger partial charge in [-0.25, -0.2) is 0 Å². The van der Waals surface area contributed by atoms with Gasteiger partial charge in [0.15, 0.2) is 0 Å². The summed E-state index contributed by atoms with van der Waals surface area (Å²) in [7, 11) is -1.97. The molecular formula is C10H22O4Si. The summed E-state index contributed by atoms with van der Waals surface area (Å²) < 4.78 is 22.0. The molecule has 1 heterocycles. The van der Waals surface area contributed by atoms with E-state index in [1.165, 1.54) is 0 Å². The molecule has 15 heavy (non-hydrogen) atoms. The fourth-order valence-electron chi connectivity index (χ4n) is 1.43. The van der Waals surface area contributed by atoms with Crippen molar-refractivity contribution in [2.45, 2.75) is 32.5 Å². The second-order valence-electron chi connectivity index (χ2n) is 3.78. The Morgan fingerprint density at radius 3 is 2.33 bits per heavy atom. The third kappa shape index (κ3) is 5.63. The van der Waals surface area contributed by atoms with E-state index in [1.807, 2.05) is 13.8 Å². The molecule has 1 aliphatic rings. The summed E-state index contributed by atoms with van der Waals surface area (Å²) in [4.78, 5) is 0. The molecule has 5 heteroatoms. The SMILES string of the molecule is CCO[Si](C)(CCOC[C@@H]1CO1)OCC. The molecule has 1 rings (SSSR count). The van der Waals surface area contributed by atoms with Crippen LogP contribution in [-0.2, 0) is 18.3 Å². The van der Waals surface area contributed by atoms with Crippen LogP contribution in [0.4, 0.5) is 0 Å². The van der Waals surface area contributed by atoms with Crippen molar-refractivity contribution in [3.05, 3.63) is 0 Å². The first-order valence-corrected chi connectivity index (χ1v) is 8.20. The van der Waals surface area contributed by atoms with E-state index in [9.17, 15) is 0 Å². The average molecular weight is 234 g/mol. The van der Waals surface area contributed by atoms with Crippen LogP contribution in [0.2, 0.25) is 12.6 Å². The van der Waals surface area contributed by atoms with E-state index in [-0.39, 0.29) is 0 Å². The van der Waals surface area contributed by atoms with Gasteiger partial charge in [0, 0.05) is 25.9 Å². The van der Waals surface area contributed by atoms with Gasteiger partial charge in [0.2, 0.25) is 0 Å².